The van der Waals surface area contributed by atoms with E-state index in [-0.39, 0.29) is 12.0 Å². The Morgan fingerprint density at radius 2 is 2.15 bits per heavy atom. The predicted octanol–water partition coefficient (Wildman–Crippen LogP) is 1.99. The number of aryl methyl sites for hydroxylation is 4. The lowest BCUT2D eigenvalue weighted by molar-refractivity contribution is 0.0765. The van der Waals surface area contributed by atoms with E-state index >= 15 is 0 Å². The molecule has 11 nitrogen and oxygen atoms in total. The summed E-state index contributed by atoms with van der Waals surface area (Å²) in [6.45, 7) is 6.90. The van der Waals surface area contributed by atoms with Gasteiger partial charge in [0.05, 0.1) is 18.3 Å². The minimum Gasteiger partial charge on any atom is -0.471 e. The molecule has 6 rings (SSSR count). The van der Waals surface area contributed by atoms with E-state index in [1.807, 2.05) is 45.1 Å². The largest absolute Gasteiger partial charge is 0.471 e. The number of aromatic nitrogens is 8. The van der Waals surface area contributed by atoms with Crippen LogP contribution in [0.25, 0.3) is 22.6 Å². The van der Waals surface area contributed by atoms with E-state index < -0.39 is 0 Å². The molecule has 4 aromatic rings. The molecule has 2 aliphatic heterocycles. The maximum atomic E-state index is 13.0. The van der Waals surface area contributed by atoms with E-state index in [4.69, 9.17) is 9.72 Å². The molecule has 1 atom stereocenters. The minimum absolute atomic E-state index is 0.0376. The van der Waals surface area contributed by atoms with Crippen LogP contribution in [-0.4, -0.2) is 69.1 Å². The molecule has 2 aliphatic rings. The third-order valence-corrected chi connectivity index (χ3v) is 6.86. The molecule has 0 spiro atoms. The van der Waals surface area contributed by atoms with Gasteiger partial charge in [0, 0.05) is 44.5 Å². The molecule has 1 unspecified atom stereocenters. The highest BCUT2D eigenvalue weighted by Gasteiger charge is 2.31. The molecule has 1 amide bonds. The molecule has 0 bridgehead atoms. The highest BCUT2D eigenvalue weighted by Crippen LogP contribution is 2.30. The van der Waals surface area contributed by atoms with E-state index in [2.05, 4.69) is 27.1 Å². The third-order valence-electron chi connectivity index (χ3n) is 6.86. The van der Waals surface area contributed by atoms with Gasteiger partial charge in [-0.25, -0.2) is 9.97 Å². The Bertz CT molecular complexity index is 1380. The number of likely N-dealkylation sites (tertiary alicyclic amines) is 1. The van der Waals surface area contributed by atoms with Gasteiger partial charge in [-0.2, -0.15) is 15.2 Å². The number of carbonyl (C=O) groups is 1. The van der Waals surface area contributed by atoms with E-state index in [1.54, 1.807) is 0 Å². The zero-order valence-electron chi connectivity index (χ0n) is 19.6. The SMILES string of the molecule is CCn1ncc(-c2nc3c(OC4CCN(C(=O)c5cc6n(n5)CCC6)C4)ncnc3n2C)c1C. The van der Waals surface area contributed by atoms with Crippen LogP contribution in [-0.2, 0) is 26.6 Å². The molecule has 1 saturated heterocycles. The Morgan fingerprint density at radius 3 is 2.94 bits per heavy atom. The fraction of sp³-hybridized carbons (Fsp3) is 0.478. The van der Waals surface area contributed by atoms with Crippen LogP contribution in [0.5, 0.6) is 5.88 Å². The first kappa shape index (κ1) is 20.8. The van der Waals surface area contributed by atoms with Crippen LogP contribution in [0.4, 0.5) is 0 Å². The van der Waals surface area contributed by atoms with Gasteiger partial charge in [-0.1, -0.05) is 0 Å². The van der Waals surface area contributed by atoms with Gasteiger partial charge >= 0.3 is 0 Å². The van der Waals surface area contributed by atoms with Crippen LogP contribution in [0.15, 0.2) is 18.6 Å². The Kier molecular flexibility index (Phi) is 4.85. The average Bonchev–Trinajstić information content (AvgIpc) is 3.63. The summed E-state index contributed by atoms with van der Waals surface area (Å²) in [6, 6.07) is 1.93. The minimum atomic E-state index is -0.161. The highest BCUT2D eigenvalue weighted by molar-refractivity contribution is 5.92. The van der Waals surface area contributed by atoms with Crippen LogP contribution >= 0.6 is 0 Å². The van der Waals surface area contributed by atoms with Gasteiger partial charge in [0.25, 0.3) is 5.91 Å². The van der Waals surface area contributed by atoms with Crippen molar-refractivity contribution in [2.45, 2.75) is 52.3 Å². The van der Waals surface area contributed by atoms with Gasteiger partial charge in [-0.15, -0.1) is 0 Å². The Morgan fingerprint density at radius 1 is 1.26 bits per heavy atom. The molecule has 34 heavy (non-hydrogen) atoms. The van der Waals surface area contributed by atoms with Crippen LogP contribution in [0.1, 0.15) is 41.6 Å². The molecule has 1 fully saturated rings. The quantitative estimate of drug-likeness (QED) is 0.447. The second-order valence-electron chi connectivity index (χ2n) is 8.93. The fourth-order valence-electron chi connectivity index (χ4n) is 4.98. The van der Waals surface area contributed by atoms with Gasteiger partial charge in [0.15, 0.2) is 16.9 Å². The number of carbonyl (C=O) groups excluding carboxylic acids is 1. The van der Waals surface area contributed by atoms with Crippen molar-refractivity contribution >= 4 is 17.1 Å². The molecule has 4 aromatic heterocycles. The third kappa shape index (κ3) is 3.25. The van der Waals surface area contributed by atoms with Crippen LogP contribution in [0.3, 0.4) is 0 Å². The highest BCUT2D eigenvalue weighted by atomic mass is 16.5. The summed E-state index contributed by atoms with van der Waals surface area (Å²) in [5, 5.41) is 8.93. The molecular weight excluding hydrogens is 434 g/mol. The van der Waals surface area contributed by atoms with Crippen molar-refractivity contribution in [2.75, 3.05) is 13.1 Å². The molecular formula is C23H27N9O2. The second kappa shape index (κ2) is 7.93. The van der Waals surface area contributed by atoms with E-state index in [0.717, 1.165) is 55.1 Å². The lowest BCUT2D eigenvalue weighted by Gasteiger charge is -2.16. The molecule has 0 N–H and O–H groups in total. The summed E-state index contributed by atoms with van der Waals surface area (Å²) in [5.74, 6) is 1.17. The fourth-order valence-corrected chi connectivity index (χ4v) is 4.98. The van der Waals surface area contributed by atoms with Crippen LogP contribution in [0.2, 0.25) is 0 Å². The van der Waals surface area contributed by atoms with E-state index in [9.17, 15) is 4.79 Å². The van der Waals surface area contributed by atoms with Crippen LogP contribution < -0.4 is 4.74 Å². The summed E-state index contributed by atoms with van der Waals surface area (Å²) in [6.07, 6.45) is 5.98. The van der Waals surface area contributed by atoms with Crippen molar-refractivity contribution in [1.29, 1.82) is 0 Å². The zero-order chi connectivity index (χ0) is 23.4. The number of rotatable bonds is 5. The standard InChI is InChI=1S/C23H27N9O2/c1-4-31-14(2)17(11-26-31)20-27-19-21(29(20)3)24-13-25-22(19)34-16-7-9-30(12-16)23(33)18-10-15-6-5-8-32(15)28-18/h10-11,13,16H,4-9,12H2,1-3H3. The topological polar surface area (TPSA) is 109 Å². The van der Waals surface area contributed by atoms with Crippen molar-refractivity contribution in [3.63, 3.8) is 0 Å². The number of fused-ring (bicyclic) bond motifs is 2. The van der Waals surface area contributed by atoms with Crippen LogP contribution in [0, 0.1) is 6.92 Å². The number of hydrogen-bond donors (Lipinski definition) is 0. The number of imidazole rings is 1. The van der Waals surface area contributed by atoms with Crippen molar-refractivity contribution in [2.24, 2.45) is 7.05 Å². The summed E-state index contributed by atoms with van der Waals surface area (Å²) < 4.78 is 12.1. The second-order valence-corrected chi connectivity index (χ2v) is 8.93. The molecule has 0 aromatic carbocycles. The van der Waals surface area contributed by atoms with E-state index in [1.165, 1.54) is 6.33 Å². The summed E-state index contributed by atoms with van der Waals surface area (Å²) in [4.78, 5) is 28.4. The molecule has 0 aliphatic carbocycles. The normalized spacial score (nSPS) is 17.6. The van der Waals surface area contributed by atoms with Gasteiger partial charge < -0.3 is 14.2 Å². The summed E-state index contributed by atoms with van der Waals surface area (Å²) >= 11 is 0. The van der Waals surface area contributed by atoms with Gasteiger partial charge in [-0.05, 0) is 32.8 Å². The van der Waals surface area contributed by atoms with Crippen molar-refractivity contribution in [3.05, 3.63) is 35.7 Å². The Balaban J connectivity index is 1.23. The van der Waals surface area contributed by atoms with Gasteiger partial charge in [-0.3, -0.25) is 14.2 Å². The molecule has 0 saturated carbocycles. The summed E-state index contributed by atoms with van der Waals surface area (Å²) in [7, 11) is 1.93. The van der Waals surface area contributed by atoms with Crippen molar-refractivity contribution < 1.29 is 9.53 Å². The maximum Gasteiger partial charge on any atom is 0.274 e. The maximum absolute atomic E-state index is 13.0. The van der Waals surface area contributed by atoms with Gasteiger partial charge in [0.1, 0.15) is 18.3 Å². The smallest absolute Gasteiger partial charge is 0.274 e. The number of ether oxygens (including phenoxy) is 1. The number of amides is 1. The van der Waals surface area contributed by atoms with Crippen molar-refractivity contribution in [3.8, 4) is 17.3 Å². The molecule has 0 radical (unpaired) electrons. The van der Waals surface area contributed by atoms with Crippen molar-refractivity contribution in [1.82, 2.24) is 44.0 Å². The Hall–Kier alpha value is -3.76. The molecule has 6 heterocycles. The first-order valence-corrected chi connectivity index (χ1v) is 11.8. The lowest BCUT2D eigenvalue weighted by atomic mass is 10.2. The molecule has 11 heteroatoms. The number of hydrogen-bond acceptors (Lipinski definition) is 7. The first-order chi connectivity index (χ1) is 16.5. The van der Waals surface area contributed by atoms with Gasteiger partial charge in [0.2, 0.25) is 5.88 Å². The Labute approximate surface area is 196 Å². The summed E-state index contributed by atoms with van der Waals surface area (Å²) in [5.41, 5.74) is 4.98. The lowest BCUT2D eigenvalue weighted by Crippen LogP contribution is -2.31. The first-order valence-electron chi connectivity index (χ1n) is 11.8. The monoisotopic (exact) mass is 461 g/mol. The molecule has 176 valence electrons. The van der Waals surface area contributed by atoms with E-state index in [0.29, 0.717) is 35.8 Å². The average molecular weight is 462 g/mol. The number of nitrogens with zero attached hydrogens (tertiary/aromatic N) is 9. The zero-order valence-corrected chi connectivity index (χ0v) is 19.6. The predicted molar refractivity (Wildman–Crippen MR) is 123 cm³/mol.